The zero-order valence-electron chi connectivity index (χ0n) is 13.1. The number of thiophene rings is 1. The molecule has 21 heavy (non-hydrogen) atoms. The Morgan fingerprint density at radius 1 is 1.19 bits per heavy atom. The number of carbonyl (C=O) groups excluding carboxylic acids is 1. The van der Waals surface area contributed by atoms with Crippen molar-refractivity contribution in [3.8, 4) is 0 Å². The Balaban J connectivity index is 1.96. The summed E-state index contributed by atoms with van der Waals surface area (Å²) in [5.41, 5.74) is 2.61. The lowest BCUT2D eigenvalue weighted by Crippen LogP contribution is -2.27. The first-order valence-electron chi connectivity index (χ1n) is 7.28. The number of rotatable bonds is 4. The standard InChI is InChI=1S/C18H23NOS/c1-13(19-17(20)12-16-6-5-11-21-16)14-7-9-15(10-8-14)18(2,3)4/h5-11,13H,12H2,1-4H3,(H,19,20)/t13-/m1/s1. The Kier molecular flexibility index (Phi) is 4.84. The molecule has 0 aliphatic carbocycles. The highest BCUT2D eigenvalue weighted by Gasteiger charge is 2.15. The molecule has 1 amide bonds. The normalized spacial score (nSPS) is 13.0. The summed E-state index contributed by atoms with van der Waals surface area (Å²) < 4.78 is 0. The average molecular weight is 301 g/mol. The first-order valence-corrected chi connectivity index (χ1v) is 8.16. The van der Waals surface area contributed by atoms with Gasteiger partial charge in [0.15, 0.2) is 0 Å². The molecule has 1 atom stereocenters. The van der Waals surface area contributed by atoms with Crippen LogP contribution in [0.3, 0.4) is 0 Å². The van der Waals surface area contributed by atoms with E-state index >= 15 is 0 Å². The summed E-state index contributed by atoms with van der Waals surface area (Å²) in [5.74, 6) is 0.0739. The van der Waals surface area contributed by atoms with Crippen LogP contribution in [0.15, 0.2) is 41.8 Å². The predicted octanol–water partition coefficient (Wildman–Crippen LogP) is 4.47. The first-order chi connectivity index (χ1) is 9.86. The van der Waals surface area contributed by atoms with Gasteiger partial charge in [-0.1, -0.05) is 51.1 Å². The molecule has 0 unspecified atom stereocenters. The van der Waals surface area contributed by atoms with Gasteiger partial charge >= 0.3 is 0 Å². The lowest BCUT2D eigenvalue weighted by molar-refractivity contribution is -0.121. The van der Waals surface area contributed by atoms with Crippen LogP contribution in [0.4, 0.5) is 0 Å². The number of carbonyl (C=O) groups is 1. The maximum atomic E-state index is 12.0. The fourth-order valence-electron chi connectivity index (χ4n) is 2.22. The van der Waals surface area contributed by atoms with Gasteiger partial charge in [-0.05, 0) is 34.9 Å². The van der Waals surface area contributed by atoms with Gasteiger partial charge in [-0.2, -0.15) is 0 Å². The topological polar surface area (TPSA) is 29.1 Å². The molecule has 0 saturated heterocycles. The van der Waals surface area contributed by atoms with E-state index in [1.807, 2.05) is 24.4 Å². The van der Waals surface area contributed by atoms with Crippen LogP contribution in [0.2, 0.25) is 0 Å². The molecule has 0 saturated carbocycles. The van der Waals surface area contributed by atoms with E-state index in [-0.39, 0.29) is 17.4 Å². The summed E-state index contributed by atoms with van der Waals surface area (Å²) in [6.45, 7) is 8.63. The van der Waals surface area contributed by atoms with Gasteiger partial charge in [0.2, 0.25) is 5.91 Å². The van der Waals surface area contributed by atoms with Gasteiger partial charge in [-0.15, -0.1) is 11.3 Å². The van der Waals surface area contributed by atoms with Gasteiger partial charge in [-0.25, -0.2) is 0 Å². The predicted molar refractivity (Wildman–Crippen MR) is 89.7 cm³/mol. The van der Waals surface area contributed by atoms with Crippen LogP contribution in [0, 0.1) is 0 Å². The zero-order chi connectivity index (χ0) is 15.5. The van der Waals surface area contributed by atoms with Crippen LogP contribution in [-0.4, -0.2) is 5.91 Å². The van der Waals surface area contributed by atoms with Crippen molar-refractivity contribution < 1.29 is 4.79 Å². The fourth-order valence-corrected chi connectivity index (χ4v) is 2.92. The van der Waals surface area contributed by atoms with Crippen molar-refractivity contribution >= 4 is 17.2 Å². The molecule has 112 valence electrons. The zero-order valence-corrected chi connectivity index (χ0v) is 14.0. The Morgan fingerprint density at radius 3 is 2.38 bits per heavy atom. The van der Waals surface area contributed by atoms with Gasteiger partial charge in [0.1, 0.15) is 0 Å². The van der Waals surface area contributed by atoms with E-state index in [9.17, 15) is 4.79 Å². The third-order valence-corrected chi connectivity index (χ3v) is 4.45. The minimum absolute atomic E-state index is 0.0338. The van der Waals surface area contributed by atoms with Crippen LogP contribution >= 0.6 is 11.3 Å². The van der Waals surface area contributed by atoms with Crippen molar-refractivity contribution in [1.82, 2.24) is 5.32 Å². The molecule has 1 heterocycles. The summed E-state index contributed by atoms with van der Waals surface area (Å²) >= 11 is 1.62. The largest absolute Gasteiger partial charge is 0.349 e. The van der Waals surface area contributed by atoms with E-state index in [2.05, 4.69) is 50.4 Å². The molecule has 0 aliphatic rings. The van der Waals surface area contributed by atoms with Crippen molar-refractivity contribution in [3.63, 3.8) is 0 Å². The average Bonchev–Trinajstić information content (AvgIpc) is 2.90. The highest BCUT2D eigenvalue weighted by Crippen LogP contribution is 2.24. The Hall–Kier alpha value is -1.61. The molecule has 1 aromatic heterocycles. The van der Waals surface area contributed by atoms with Crippen molar-refractivity contribution in [2.75, 3.05) is 0 Å². The molecule has 2 aromatic rings. The summed E-state index contributed by atoms with van der Waals surface area (Å²) in [6, 6.07) is 12.5. The highest BCUT2D eigenvalue weighted by molar-refractivity contribution is 7.10. The van der Waals surface area contributed by atoms with E-state index < -0.39 is 0 Å². The third-order valence-electron chi connectivity index (χ3n) is 3.57. The molecule has 0 bridgehead atoms. The molecule has 0 fully saturated rings. The molecule has 0 radical (unpaired) electrons. The van der Waals surface area contributed by atoms with E-state index in [0.717, 1.165) is 10.4 Å². The summed E-state index contributed by atoms with van der Waals surface area (Å²) in [7, 11) is 0. The van der Waals surface area contributed by atoms with Crippen LogP contribution in [-0.2, 0) is 16.6 Å². The van der Waals surface area contributed by atoms with E-state index in [1.165, 1.54) is 5.56 Å². The van der Waals surface area contributed by atoms with Crippen molar-refractivity contribution in [2.45, 2.75) is 45.6 Å². The minimum Gasteiger partial charge on any atom is -0.349 e. The number of nitrogens with one attached hydrogen (secondary N) is 1. The SMILES string of the molecule is C[C@@H](NC(=O)Cc1cccs1)c1ccc(C(C)(C)C)cc1. The van der Waals surface area contributed by atoms with Crippen molar-refractivity contribution in [3.05, 3.63) is 57.8 Å². The molecule has 1 aromatic carbocycles. The highest BCUT2D eigenvalue weighted by atomic mass is 32.1. The molecular formula is C18H23NOS. The van der Waals surface area contributed by atoms with Crippen LogP contribution in [0.25, 0.3) is 0 Å². The molecule has 0 spiro atoms. The second-order valence-electron chi connectivity index (χ2n) is 6.42. The number of amides is 1. The fraction of sp³-hybridized carbons (Fsp3) is 0.389. The Labute approximate surface area is 131 Å². The molecule has 2 nitrogen and oxygen atoms in total. The van der Waals surface area contributed by atoms with Crippen LogP contribution in [0.1, 0.15) is 49.7 Å². The Morgan fingerprint density at radius 2 is 1.86 bits per heavy atom. The quantitative estimate of drug-likeness (QED) is 0.887. The molecule has 2 rings (SSSR count). The molecule has 1 N–H and O–H groups in total. The van der Waals surface area contributed by atoms with Crippen LogP contribution < -0.4 is 5.32 Å². The number of benzene rings is 1. The molecule has 3 heteroatoms. The van der Waals surface area contributed by atoms with Crippen molar-refractivity contribution in [2.24, 2.45) is 0 Å². The Bertz CT molecular complexity index is 579. The summed E-state index contributed by atoms with van der Waals surface area (Å²) in [5, 5.41) is 5.06. The number of hydrogen-bond donors (Lipinski definition) is 1. The van der Waals surface area contributed by atoms with Gasteiger partial charge in [-0.3, -0.25) is 4.79 Å². The number of hydrogen-bond acceptors (Lipinski definition) is 2. The summed E-state index contributed by atoms with van der Waals surface area (Å²) in [6.07, 6.45) is 0.460. The molecule has 0 aliphatic heterocycles. The third kappa shape index (κ3) is 4.43. The summed E-state index contributed by atoms with van der Waals surface area (Å²) in [4.78, 5) is 13.1. The maximum Gasteiger partial charge on any atom is 0.225 e. The second-order valence-corrected chi connectivity index (χ2v) is 7.45. The van der Waals surface area contributed by atoms with Gasteiger partial charge in [0.25, 0.3) is 0 Å². The van der Waals surface area contributed by atoms with Gasteiger partial charge in [0.05, 0.1) is 12.5 Å². The van der Waals surface area contributed by atoms with E-state index in [0.29, 0.717) is 6.42 Å². The van der Waals surface area contributed by atoms with E-state index in [1.54, 1.807) is 11.3 Å². The minimum atomic E-state index is 0.0338. The lowest BCUT2D eigenvalue weighted by atomic mass is 9.86. The maximum absolute atomic E-state index is 12.0. The second kappa shape index (κ2) is 6.44. The van der Waals surface area contributed by atoms with Gasteiger partial charge < -0.3 is 5.32 Å². The molecular weight excluding hydrogens is 278 g/mol. The van der Waals surface area contributed by atoms with E-state index in [4.69, 9.17) is 0 Å². The van der Waals surface area contributed by atoms with Crippen LogP contribution in [0.5, 0.6) is 0 Å². The first kappa shape index (κ1) is 15.8. The lowest BCUT2D eigenvalue weighted by Gasteiger charge is -2.20. The monoisotopic (exact) mass is 301 g/mol. The van der Waals surface area contributed by atoms with Gasteiger partial charge in [0, 0.05) is 4.88 Å². The van der Waals surface area contributed by atoms with Crippen molar-refractivity contribution in [1.29, 1.82) is 0 Å². The smallest absolute Gasteiger partial charge is 0.225 e.